The van der Waals surface area contributed by atoms with Gasteiger partial charge < -0.3 is 4.90 Å². The molecule has 0 aromatic rings. The summed E-state index contributed by atoms with van der Waals surface area (Å²) in [5.41, 5.74) is 0. The van der Waals surface area contributed by atoms with E-state index >= 15 is 0 Å². The lowest BCUT2D eigenvalue weighted by atomic mass is 10.1. The second-order valence-corrected chi connectivity index (χ2v) is 4.67. The third kappa shape index (κ3) is 1.46. The van der Waals surface area contributed by atoms with Crippen LogP contribution in [0.5, 0.6) is 0 Å². The van der Waals surface area contributed by atoms with Crippen LogP contribution < -0.4 is 5.32 Å². The van der Waals surface area contributed by atoms with Crippen LogP contribution in [0.3, 0.4) is 0 Å². The minimum atomic E-state index is 0.0628. The Morgan fingerprint density at radius 1 is 1.54 bits per heavy atom. The molecule has 2 fully saturated rings. The number of amides is 1. The standard InChI is InChI=1S/C10H18N2O/c1-6(2)9-10(13)12(5-11-9)8-4-7(8)3/h6-9,11H,4-5H2,1-3H3. The molecule has 0 spiro atoms. The molecule has 1 saturated heterocycles. The molecule has 1 saturated carbocycles. The van der Waals surface area contributed by atoms with Crippen molar-refractivity contribution in [3.63, 3.8) is 0 Å². The average molecular weight is 182 g/mol. The second-order valence-electron chi connectivity index (χ2n) is 4.67. The highest BCUT2D eigenvalue weighted by Crippen LogP contribution is 2.36. The Labute approximate surface area is 79.5 Å². The van der Waals surface area contributed by atoms with Crippen LogP contribution in [0.25, 0.3) is 0 Å². The van der Waals surface area contributed by atoms with Crippen molar-refractivity contribution in [1.82, 2.24) is 10.2 Å². The predicted octanol–water partition coefficient (Wildman–Crippen LogP) is 0.809. The molecule has 0 aromatic heterocycles. The normalized spacial score (nSPS) is 38.9. The zero-order valence-corrected chi connectivity index (χ0v) is 8.58. The summed E-state index contributed by atoms with van der Waals surface area (Å²) in [5.74, 6) is 1.44. The summed E-state index contributed by atoms with van der Waals surface area (Å²) in [7, 11) is 0. The molecule has 2 rings (SSSR count). The Bertz CT molecular complexity index is 227. The van der Waals surface area contributed by atoms with Gasteiger partial charge in [-0.3, -0.25) is 10.1 Å². The van der Waals surface area contributed by atoms with Gasteiger partial charge in [0.15, 0.2) is 0 Å². The third-order valence-electron chi connectivity index (χ3n) is 3.16. The molecule has 3 heteroatoms. The first-order valence-corrected chi connectivity index (χ1v) is 5.15. The number of carbonyl (C=O) groups is 1. The molecule has 1 heterocycles. The van der Waals surface area contributed by atoms with Crippen molar-refractivity contribution < 1.29 is 4.79 Å². The van der Waals surface area contributed by atoms with E-state index in [0.29, 0.717) is 17.9 Å². The highest BCUT2D eigenvalue weighted by atomic mass is 16.2. The van der Waals surface area contributed by atoms with E-state index in [1.807, 2.05) is 4.90 Å². The summed E-state index contributed by atoms with van der Waals surface area (Å²) in [6.45, 7) is 7.15. The topological polar surface area (TPSA) is 32.3 Å². The zero-order chi connectivity index (χ0) is 9.59. The Balaban J connectivity index is 1.99. The SMILES string of the molecule is CC(C)C1NCN(C2CC2C)C1=O. The highest BCUT2D eigenvalue weighted by Gasteiger charge is 2.45. The first-order valence-electron chi connectivity index (χ1n) is 5.15. The molecule has 1 aliphatic heterocycles. The maximum absolute atomic E-state index is 11.8. The minimum Gasteiger partial charge on any atom is -0.325 e. The van der Waals surface area contributed by atoms with Gasteiger partial charge in [0.05, 0.1) is 12.7 Å². The number of carbonyl (C=O) groups excluding carboxylic acids is 1. The molecule has 0 radical (unpaired) electrons. The van der Waals surface area contributed by atoms with Gasteiger partial charge in [0.1, 0.15) is 0 Å². The van der Waals surface area contributed by atoms with Gasteiger partial charge >= 0.3 is 0 Å². The van der Waals surface area contributed by atoms with Crippen molar-refractivity contribution in [2.75, 3.05) is 6.67 Å². The molecule has 1 amide bonds. The summed E-state index contributed by atoms with van der Waals surface area (Å²) < 4.78 is 0. The van der Waals surface area contributed by atoms with Gasteiger partial charge in [-0.15, -0.1) is 0 Å². The lowest BCUT2D eigenvalue weighted by Gasteiger charge is -2.16. The van der Waals surface area contributed by atoms with Crippen LogP contribution in [-0.2, 0) is 4.79 Å². The summed E-state index contributed by atoms with van der Waals surface area (Å²) in [6.07, 6.45) is 1.19. The van der Waals surface area contributed by atoms with Gasteiger partial charge in [0, 0.05) is 6.04 Å². The van der Waals surface area contributed by atoms with Crippen LogP contribution in [0.1, 0.15) is 27.2 Å². The monoisotopic (exact) mass is 182 g/mol. The lowest BCUT2D eigenvalue weighted by Crippen LogP contribution is -2.35. The molecule has 3 nitrogen and oxygen atoms in total. The molecule has 0 aromatic carbocycles. The van der Waals surface area contributed by atoms with Gasteiger partial charge in [0.2, 0.25) is 5.91 Å². The maximum atomic E-state index is 11.8. The summed E-state index contributed by atoms with van der Waals surface area (Å²) >= 11 is 0. The Morgan fingerprint density at radius 3 is 2.54 bits per heavy atom. The van der Waals surface area contributed by atoms with Crippen molar-refractivity contribution in [3.05, 3.63) is 0 Å². The molecule has 1 N–H and O–H groups in total. The molecule has 1 aliphatic carbocycles. The third-order valence-corrected chi connectivity index (χ3v) is 3.16. The van der Waals surface area contributed by atoms with E-state index in [0.717, 1.165) is 12.6 Å². The first-order chi connectivity index (χ1) is 6.11. The van der Waals surface area contributed by atoms with Crippen LogP contribution in [0, 0.1) is 11.8 Å². The van der Waals surface area contributed by atoms with E-state index in [1.165, 1.54) is 6.42 Å². The van der Waals surface area contributed by atoms with E-state index in [-0.39, 0.29) is 6.04 Å². The molecule has 2 aliphatic rings. The van der Waals surface area contributed by atoms with Gasteiger partial charge in [0.25, 0.3) is 0 Å². The van der Waals surface area contributed by atoms with E-state index in [1.54, 1.807) is 0 Å². The summed E-state index contributed by atoms with van der Waals surface area (Å²) in [5, 5.41) is 3.27. The first kappa shape index (κ1) is 9.00. The van der Waals surface area contributed by atoms with Crippen LogP contribution >= 0.6 is 0 Å². The van der Waals surface area contributed by atoms with Gasteiger partial charge in [-0.1, -0.05) is 20.8 Å². The van der Waals surface area contributed by atoms with Crippen molar-refractivity contribution >= 4 is 5.91 Å². The largest absolute Gasteiger partial charge is 0.325 e. The van der Waals surface area contributed by atoms with E-state index < -0.39 is 0 Å². The van der Waals surface area contributed by atoms with Gasteiger partial charge in [-0.05, 0) is 18.3 Å². The quantitative estimate of drug-likeness (QED) is 0.685. The molecule has 3 atom stereocenters. The number of hydrogen-bond donors (Lipinski definition) is 1. The summed E-state index contributed by atoms with van der Waals surface area (Å²) in [6, 6.07) is 0.594. The van der Waals surface area contributed by atoms with Gasteiger partial charge in [-0.25, -0.2) is 0 Å². The van der Waals surface area contributed by atoms with Crippen LogP contribution in [-0.4, -0.2) is 29.6 Å². The second kappa shape index (κ2) is 2.98. The van der Waals surface area contributed by atoms with Gasteiger partial charge in [-0.2, -0.15) is 0 Å². The molecular weight excluding hydrogens is 164 g/mol. The maximum Gasteiger partial charge on any atom is 0.241 e. The minimum absolute atomic E-state index is 0.0628. The van der Waals surface area contributed by atoms with Crippen molar-refractivity contribution in [3.8, 4) is 0 Å². The van der Waals surface area contributed by atoms with E-state index in [4.69, 9.17) is 0 Å². The molecule has 13 heavy (non-hydrogen) atoms. The Morgan fingerprint density at radius 2 is 2.15 bits per heavy atom. The van der Waals surface area contributed by atoms with Crippen LogP contribution in [0.4, 0.5) is 0 Å². The number of nitrogens with one attached hydrogen (secondary N) is 1. The fourth-order valence-electron chi connectivity index (χ4n) is 2.08. The zero-order valence-electron chi connectivity index (χ0n) is 8.58. The summed E-state index contributed by atoms with van der Waals surface area (Å²) in [4.78, 5) is 13.8. The van der Waals surface area contributed by atoms with Crippen LogP contribution in [0.15, 0.2) is 0 Å². The average Bonchev–Trinajstić information content (AvgIpc) is 2.61. The fourth-order valence-corrected chi connectivity index (χ4v) is 2.08. The fraction of sp³-hybridized carbons (Fsp3) is 0.900. The number of nitrogens with zero attached hydrogens (tertiary/aromatic N) is 1. The van der Waals surface area contributed by atoms with E-state index in [2.05, 4.69) is 26.1 Å². The molecule has 74 valence electrons. The molecule has 3 unspecified atom stereocenters. The predicted molar refractivity (Wildman–Crippen MR) is 51.0 cm³/mol. The Hall–Kier alpha value is -0.570. The number of hydrogen-bond acceptors (Lipinski definition) is 2. The smallest absolute Gasteiger partial charge is 0.241 e. The van der Waals surface area contributed by atoms with Crippen molar-refractivity contribution in [1.29, 1.82) is 0 Å². The Kier molecular flexibility index (Phi) is 2.06. The highest BCUT2D eigenvalue weighted by molar-refractivity contribution is 5.84. The molecular formula is C10H18N2O. The number of rotatable bonds is 2. The van der Waals surface area contributed by atoms with Crippen molar-refractivity contribution in [2.24, 2.45) is 11.8 Å². The molecule has 0 bridgehead atoms. The van der Waals surface area contributed by atoms with E-state index in [9.17, 15) is 4.79 Å². The lowest BCUT2D eigenvalue weighted by molar-refractivity contribution is -0.130. The van der Waals surface area contributed by atoms with Crippen LogP contribution in [0.2, 0.25) is 0 Å². The van der Waals surface area contributed by atoms with Crippen molar-refractivity contribution in [2.45, 2.75) is 39.3 Å².